The zero-order valence-electron chi connectivity index (χ0n) is 17.1. The summed E-state index contributed by atoms with van der Waals surface area (Å²) in [4.78, 5) is 19.6. The largest absolute Gasteiger partial charge is 0.368 e. The number of carbonyl (C=O) groups excluding carboxylic acids is 1. The molecule has 5 rings (SSSR count). The molecule has 2 aromatic carbocycles. The predicted molar refractivity (Wildman–Crippen MR) is 119 cm³/mol. The van der Waals surface area contributed by atoms with E-state index in [1.165, 1.54) is 11.3 Å². The van der Waals surface area contributed by atoms with Crippen LogP contribution in [0.3, 0.4) is 0 Å². The van der Waals surface area contributed by atoms with E-state index in [-0.39, 0.29) is 11.9 Å². The Labute approximate surface area is 176 Å². The number of carbonyl (C=O) groups is 1. The highest BCUT2D eigenvalue weighted by molar-refractivity contribution is 6.06. The molecule has 1 saturated heterocycles. The monoisotopic (exact) mass is 399 g/mol. The molecule has 2 aliphatic rings. The summed E-state index contributed by atoms with van der Waals surface area (Å²) in [6.07, 6.45) is 0.874. The number of anilines is 3. The van der Waals surface area contributed by atoms with Gasteiger partial charge in [-0.05, 0) is 49.2 Å². The lowest BCUT2D eigenvalue weighted by Gasteiger charge is -2.36. The molecular formula is C24H25N5O. The number of para-hydroxylation sites is 2. The maximum absolute atomic E-state index is 13.1. The molecule has 0 radical (unpaired) electrons. The quantitative estimate of drug-likeness (QED) is 0.676. The minimum atomic E-state index is -0.0830. The third-order valence-electron chi connectivity index (χ3n) is 6.02. The van der Waals surface area contributed by atoms with E-state index in [9.17, 15) is 4.79 Å². The Bertz CT molecular complexity index is 1030. The highest BCUT2D eigenvalue weighted by Crippen LogP contribution is 2.32. The van der Waals surface area contributed by atoms with Crippen LogP contribution in [0.25, 0.3) is 0 Å². The minimum Gasteiger partial charge on any atom is -0.368 e. The van der Waals surface area contributed by atoms with E-state index in [4.69, 9.17) is 0 Å². The van der Waals surface area contributed by atoms with Gasteiger partial charge < -0.3 is 14.7 Å². The number of hydrogen-bond donors (Lipinski definition) is 0. The summed E-state index contributed by atoms with van der Waals surface area (Å²) in [5.41, 5.74) is 3.84. The van der Waals surface area contributed by atoms with E-state index in [1.54, 1.807) is 0 Å². The lowest BCUT2D eigenvalue weighted by Crippen LogP contribution is -2.47. The molecule has 3 heterocycles. The molecule has 1 amide bonds. The van der Waals surface area contributed by atoms with Gasteiger partial charge in [0.15, 0.2) is 11.5 Å². The summed E-state index contributed by atoms with van der Waals surface area (Å²) in [5.74, 6) is 0.745. The van der Waals surface area contributed by atoms with Gasteiger partial charge in [0.25, 0.3) is 5.91 Å². The summed E-state index contributed by atoms with van der Waals surface area (Å²) < 4.78 is 0. The molecule has 30 heavy (non-hydrogen) atoms. The first-order valence-electron chi connectivity index (χ1n) is 10.5. The number of benzene rings is 2. The second-order valence-electron chi connectivity index (χ2n) is 7.94. The molecule has 1 atom stereocenters. The van der Waals surface area contributed by atoms with Gasteiger partial charge >= 0.3 is 0 Å². The first kappa shape index (κ1) is 18.6. The normalized spacial score (nSPS) is 18.4. The fourth-order valence-corrected chi connectivity index (χ4v) is 4.44. The Kier molecular flexibility index (Phi) is 4.83. The fourth-order valence-electron chi connectivity index (χ4n) is 4.44. The summed E-state index contributed by atoms with van der Waals surface area (Å²) >= 11 is 0. The molecule has 1 aromatic heterocycles. The van der Waals surface area contributed by atoms with Gasteiger partial charge in [0, 0.05) is 43.6 Å². The van der Waals surface area contributed by atoms with Crippen molar-refractivity contribution in [2.24, 2.45) is 0 Å². The lowest BCUT2D eigenvalue weighted by molar-refractivity contribution is 0.0975. The van der Waals surface area contributed by atoms with Crippen molar-refractivity contribution in [2.45, 2.75) is 19.4 Å². The van der Waals surface area contributed by atoms with Crippen LogP contribution in [0.2, 0.25) is 0 Å². The van der Waals surface area contributed by atoms with Crippen LogP contribution in [0.4, 0.5) is 17.2 Å². The molecule has 0 spiro atoms. The second-order valence-corrected chi connectivity index (χ2v) is 7.94. The Morgan fingerprint density at radius 2 is 1.53 bits per heavy atom. The van der Waals surface area contributed by atoms with Crippen molar-refractivity contribution in [1.29, 1.82) is 0 Å². The summed E-state index contributed by atoms with van der Waals surface area (Å²) in [7, 11) is 0. The van der Waals surface area contributed by atoms with E-state index in [2.05, 4.69) is 57.3 Å². The van der Waals surface area contributed by atoms with Gasteiger partial charge in [-0.25, -0.2) is 0 Å². The van der Waals surface area contributed by atoms with Crippen molar-refractivity contribution in [1.82, 2.24) is 10.2 Å². The number of amides is 1. The summed E-state index contributed by atoms with van der Waals surface area (Å²) in [5, 5.41) is 8.67. The molecular weight excluding hydrogens is 374 g/mol. The highest BCUT2D eigenvalue weighted by Gasteiger charge is 2.32. The number of hydrogen-bond acceptors (Lipinski definition) is 5. The van der Waals surface area contributed by atoms with E-state index < -0.39 is 0 Å². The molecule has 152 valence electrons. The Morgan fingerprint density at radius 1 is 0.833 bits per heavy atom. The first-order valence-corrected chi connectivity index (χ1v) is 10.5. The number of rotatable bonds is 3. The first-order chi connectivity index (χ1) is 14.7. The molecule has 0 aliphatic carbocycles. The molecule has 6 nitrogen and oxygen atoms in total. The molecule has 0 bridgehead atoms. The molecule has 0 N–H and O–H groups in total. The van der Waals surface area contributed by atoms with Crippen LogP contribution in [0.1, 0.15) is 23.0 Å². The number of fused-ring (bicyclic) bond motifs is 1. The van der Waals surface area contributed by atoms with Crippen LogP contribution in [-0.4, -0.2) is 48.3 Å². The molecule has 1 unspecified atom stereocenters. The van der Waals surface area contributed by atoms with Crippen LogP contribution < -0.4 is 14.7 Å². The number of aromatic nitrogens is 2. The van der Waals surface area contributed by atoms with Crippen molar-refractivity contribution in [3.05, 3.63) is 78.0 Å². The van der Waals surface area contributed by atoms with Crippen LogP contribution in [0.15, 0.2) is 66.7 Å². The number of nitrogens with zero attached hydrogens (tertiary/aromatic N) is 5. The van der Waals surface area contributed by atoms with Gasteiger partial charge in [0.1, 0.15) is 0 Å². The van der Waals surface area contributed by atoms with Gasteiger partial charge in [-0.15, -0.1) is 10.2 Å². The maximum Gasteiger partial charge on any atom is 0.279 e. The smallest absolute Gasteiger partial charge is 0.279 e. The van der Waals surface area contributed by atoms with Crippen LogP contribution in [0.5, 0.6) is 0 Å². The fraction of sp³-hybridized carbons (Fsp3) is 0.292. The highest BCUT2D eigenvalue weighted by atomic mass is 16.2. The number of piperazine rings is 1. The summed E-state index contributed by atoms with van der Waals surface area (Å²) in [6, 6.07) is 22.4. The van der Waals surface area contributed by atoms with Crippen molar-refractivity contribution in [2.75, 3.05) is 40.9 Å². The molecule has 2 aliphatic heterocycles. The maximum atomic E-state index is 13.1. The molecule has 1 fully saturated rings. The van der Waals surface area contributed by atoms with Gasteiger partial charge in [-0.3, -0.25) is 4.79 Å². The Balaban J connectivity index is 1.27. The van der Waals surface area contributed by atoms with Crippen molar-refractivity contribution >= 4 is 23.1 Å². The van der Waals surface area contributed by atoms with E-state index in [0.717, 1.165) is 44.1 Å². The standard InChI is InChI=1S/C24H25N5O/c1-18-17-19-7-5-6-10-22(19)29(18)24(30)21-11-12-23(26-25-21)28-15-13-27(14-16-28)20-8-3-2-4-9-20/h2-12,18H,13-17H2,1H3. The van der Waals surface area contributed by atoms with E-state index in [0.29, 0.717) is 5.69 Å². The van der Waals surface area contributed by atoms with E-state index in [1.807, 2.05) is 41.3 Å². The average molecular weight is 399 g/mol. The van der Waals surface area contributed by atoms with Gasteiger partial charge in [0.2, 0.25) is 0 Å². The van der Waals surface area contributed by atoms with Gasteiger partial charge in [-0.2, -0.15) is 0 Å². The Hall–Kier alpha value is -3.41. The van der Waals surface area contributed by atoms with Crippen molar-refractivity contribution < 1.29 is 4.79 Å². The van der Waals surface area contributed by atoms with Crippen LogP contribution in [-0.2, 0) is 6.42 Å². The average Bonchev–Trinajstić information content (AvgIpc) is 3.15. The van der Waals surface area contributed by atoms with E-state index >= 15 is 0 Å². The Morgan fingerprint density at radius 3 is 2.27 bits per heavy atom. The predicted octanol–water partition coefficient (Wildman–Crippen LogP) is 3.39. The third-order valence-corrected chi connectivity index (χ3v) is 6.02. The minimum absolute atomic E-state index is 0.0830. The molecule has 6 heteroatoms. The van der Waals surface area contributed by atoms with Crippen molar-refractivity contribution in [3.8, 4) is 0 Å². The van der Waals surface area contributed by atoms with Crippen LogP contribution in [0, 0.1) is 0 Å². The third kappa shape index (κ3) is 3.38. The second kappa shape index (κ2) is 7.78. The zero-order valence-corrected chi connectivity index (χ0v) is 17.1. The summed E-state index contributed by atoms with van der Waals surface area (Å²) in [6.45, 7) is 5.72. The lowest BCUT2D eigenvalue weighted by atomic mass is 10.1. The zero-order chi connectivity index (χ0) is 20.5. The SMILES string of the molecule is CC1Cc2ccccc2N1C(=O)c1ccc(N2CCN(c3ccccc3)CC2)nn1. The molecule has 0 saturated carbocycles. The van der Waals surface area contributed by atoms with Crippen molar-refractivity contribution in [3.63, 3.8) is 0 Å². The molecule has 3 aromatic rings. The van der Waals surface area contributed by atoms with Gasteiger partial charge in [0.05, 0.1) is 0 Å². The van der Waals surface area contributed by atoms with Crippen LogP contribution >= 0.6 is 0 Å². The van der Waals surface area contributed by atoms with Gasteiger partial charge in [-0.1, -0.05) is 36.4 Å². The topological polar surface area (TPSA) is 52.6 Å².